The van der Waals surface area contributed by atoms with Crippen molar-refractivity contribution in [2.24, 2.45) is 0 Å². The Bertz CT molecular complexity index is 187. The number of hydroxylamine groups is 1. The molecule has 0 amide bonds. The van der Waals surface area contributed by atoms with E-state index in [0.29, 0.717) is 0 Å². The molecule has 4 nitrogen and oxygen atoms in total. The third-order valence-corrected chi connectivity index (χ3v) is 1.80. The molecule has 1 radical (unpaired) electrons. The maximum Gasteiger partial charge on any atom is 0.356 e. The molecule has 0 saturated heterocycles. The fraction of sp³-hybridized carbons (Fsp3) is 0.889. The van der Waals surface area contributed by atoms with Gasteiger partial charge in [0.1, 0.15) is 0 Å². The van der Waals surface area contributed by atoms with Gasteiger partial charge in [-0.2, -0.15) is 0 Å². The van der Waals surface area contributed by atoms with Crippen LogP contribution in [0.25, 0.3) is 0 Å². The summed E-state index contributed by atoms with van der Waals surface area (Å²) < 4.78 is 0. The van der Waals surface area contributed by atoms with E-state index in [4.69, 9.17) is 4.84 Å². The molecule has 0 aromatic carbocycles. The molecule has 0 aromatic heterocycles. The summed E-state index contributed by atoms with van der Waals surface area (Å²) in [5, 5.41) is 9.24. The Morgan fingerprint density at radius 3 is 2.07 bits per heavy atom. The summed E-state index contributed by atoms with van der Waals surface area (Å²) in [4.78, 5) is 15.8. The fourth-order valence-corrected chi connectivity index (χ4v) is 0.382. The van der Waals surface area contributed by atoms with Gasteiger partial charge >= 0.3 is 5.97 Å². The average molecular weight is 297 g/mol. The van der Waals surface area contributed by atoms with Crippen LogP contribution in [0.4, 0.5) is 0 Å². The number of carbonyl (C=O) groups excluding carboxylic acids is 1. The van der Waals surface area contributed by atoms with Crippen LogP contribution in [0.1, 0.15) is 41.0 Å². The molecule has 0 aliphatic heterocycles. The van der Waals surface area contributed by atoms with Crippen molar-refractivity contribution in [3.63, 3.8) is 0 Å². The zero-order valence-corrected chi connectivity index (χ0v) is 10.8. The Morgan fingerprint density at radius 2 is 1.79 bits per heavy atom. The molecule has 5 heteroatoms. The molecule has 2 N–H and O–H groups in total. The molecule has 0 rings (SSSR count). The van der Waals surface area contributed by atoms with Crippen LogP contribution in [-0.2, 0) is 32.0 Å². The van der Waals surface area contributed by atoms with Crippen LogP contribution < -0.4 is 5.48 Å². The van der Waals surface area contributed by atoms with Gasteiger partial charge in [0, 0.05) is 27.9 Å². The average Bonchev–Trinajstić information content (AvgIpc) is 1.98. The second-order valence-corrected chi connectivity index (χ2v) is 4.29. The summed E-state index contributed by atoms with van der Waals surface area (Å²) in [5.74, 6) is -0.672. The molecule has 0 spiro atoms. The second kappa shape index (κ2) is 5.88. The Labute approximate surface area is 101 Å². The van der Waals surface area contributed by atoms with Gasteiger partial charge in [-0.3, -0.25) is 0 Å². The first kappa shape index (κ1) is 16.6. The zero-order chi connectivity index (χ0) is 10.7. The molecular formula is C9H19AgNO3. The summed E-state index contributed by atoms with van der Waals surface area (Å²) >= 11 is 0. The van der Waals surface area contributed by atoms with Gasteiger partial charge in [-0.1, -0.05) is 6.92 Å². The Balaban J connectivity index is 0. The first-order chi connectivity index (χ1) is 5.69. The summed E-state index contributed by atoms with van der Waals surface area (Å²) in [6.07, 6.45) is 0.826. The Morgan fingerprint density at radius 1 is 1.36 bits per heavy atom. The van der Waals surface area contributed by atoms with Crippen molar-refractivity contribution >= 4 is 5.97 Å². The summed E-state index contributed by atoms with van der Waals surface area (Å²) in [6.45, 7) is 8.56. The van der Waals surface area contributed by atoms with Crippen molar-refractivity contribution in [3.05, 3.63) is 0 Å². The van der Waals surface area contributed by atoms with Gasteiger partial charge < -0.3 is 9.94 Å². The molecule has 0 atom stereocenters. The van der Waals surface area contributed by atoms with E-state index >= 15 is 0 Å². The standard InChI is InChI=1S/C9H19NO3.Ag/c1-6-8(2,3)10-13-7(11)9(4,5)12;/h10,12H,6H2,1-5H3;. The van der Waals surface area contributed by atoms with Crippen molar-refractivity contribution in [1.82, 2.24) is 5.48 Å². The first-order valence-electron chi connectivity index (χ1n) is 4.40. The summed E-state index contributed by atoms with van der Waals surface area (Å²) in [6, 6.07) is 0. The van der Waals surface area contributed by atoms with Crippen LogP contribution in [-0.4, -0.2) is 22.2 Å². The van der Waals surface area contributed by atoms with Gasteiger partial charge in [-0.15, -0.1) is 5.48 Å². The molecule has 0 fully saturated rings. The van der Waals surface area contributed by atoms with E-state index in [1.807, 2.05) is 20.8 Å². The van der Waals surface area contributed by atoms with Gasteiger partial charge in [-0.25, -0.2) is 4.79 Å². The minimum atomic E-state index is -1.45. The molecule has 0 bridgehead atoms. The van der Waals surface area contributed by atoms with Crippen LogP contribution >= 0.6 is 0 Å². The molecule has 0 aromatic rings. The quantitative estimate of drug-likeness (QED) is 0.600. The van der Waals surface area contributed by atoms with Crippen LogP contribution in [0.2, 0.25) is 0 Å². The van der Waals surface area contributed by atoms with Crippen molar-refractivity contribution in [2.75, 3.05) is 0 Å². The van der Waals surface area contributed by atoms with E-state index in [2.05, 4.69) is 5.48 Å². The first-order valence-corrected chi connectivity index (χ1v) is 4.40. The number of hydrogen-bond acceptors (Lipinski definition) is 4. The topological polar surface area (TPSA) is 58.6 Å². The SMILES string of the molecule is CCC(C)(C)NOC(=O)C(C)(C)O.[Ag]. The maximum atomic E-state index is 11.1. The van der Waals surface area contributed by atoms with E-state index in [1.54, 1.807) is 0 Å². The normalized spacial score (nSPS) is 11.9. The third kappa shape index (κ3) is 6.56. The van der Waals surface area contributed by atoms with Crippen molar-refractivity contribution in [2.45, 2.75) is 52.2 Å². The van der Waals surface area contributed by atoms with Gasteiger partial charge in [0.25, 0.3) is 0 Å². The zero-order valence-electron chi connectivity index (χ0n) is 9.27. The van der Waals surface area contributed by atoms with Crippen LogP contribution in [0.3, 0.4) is 0 Å². The van der Waals surface area contributed by atoms with Crippen molar-refractivity contribution in [1.29, 1.82) is 0 Å². The molecule has 0 aliphatic rings. The molecule has 0 unspecified atom stereocenters. The Hall–Kier alpha value is 0.130. The maximum absolute atomic E-state index is 11.1. The molecule has 0 aliphatic carbocycles. The Kier molecular flexibility index (Phi) is 6.95. The largest absolute Gasteiger partial charge is 0.379 e. The number of rotatable bonds is 4. The van der Waals surface area contributed by atoms with E-state index in [-0.39, 0.29) is 27.9 Å². The van der Waals surface area contributed by atoms with Gasteiger partial charge in [0.2, 0.25) is 0 Å². The molecule has 0 saturated carbocycles. The molecule has 14 heavy (non-hydrogen) atoms. The summed E-state index contributed by atoms with van der Waals surface area (Å²) in [7, 11) is 0. The smallest absolute Gasteiger partial charge is 0.356 e. The van der Waals surface area contributed by atoms with Gasteiger partial charge in [-0.05, 0) is 34.1 Å². The van der Waals surface area contributed by atoms with Gasteiger partial charge in [0.15, 0.2) is 5.60 Å². The molecule has 0 heterocycles. The van der Waals surface area contributed by atoms with Crippen LogP contribution in [0.5, 0.6) is 0 Å². The third-order valence-electron chi connectivity index (χ3n) is 1.80. The fourth-order valence-electron chi connectivity index (χ4n) is 0.382. The van der Waals surface area contributed by atoms with E-state index < -0.39 is 11.6 Å². The predicted molar refractivity (Wildman–Crippen MR) is 49.9 cm³/mol. The van der Waals surface area contributed by atoms with Crippen LogP contribution in [0, 0.1) is 0 Å². The van der Waals surface area contributed by atoms with Crippen molar-refractivity contribution in [3.8, 4) is 0 Å². The molecule has 89 valence electrons. The molecular weight excluding hydrogens is 278 g/mol. The van der Waals surface area contributed by atoms with E-state index in [0.717, 1.165) is 6.42 Å². The number of carbonyl (C=O) groups is 1. The monoisotopic (exact) mass is 296 g/mol. The van der Waals surface area contributed by atoms with Crippen molar-refractivity contribution < 1.29 is 37.1 Å². The number of nitrogens with one attached hydrogen (secondary N) is 1. The number of hydrogen-bond donors (Lipinski definition) is 2. The van der Waals surface area contributed by atoms with E-state index in [1.165, 1.54) is 13.8 Å². The summed E-state index contributed by atoms with van der Waals surface area (Å²) in [5.41, 5.74) is 0.895. The van der Waals surface area contributed by atoms with E-state index in [9.17, 15) is 9.90 Å². The predicted octanol–water partition coefficient (Wildman–Crippen LogP) is 0.991. The van der Waals surface area contributed by atoms with Crippen LogP contribution in [0.15, 0.2) is 0 Å². The number of aliphatic hydroxyl groups is 1. The minimum absolute atomic E-state index is 0. The minimum Gasteiger partial charge on any atom is -0.379 e. The second-order valence-electron chi connectivity index (χ2n) is 4.29. The van der Waals surface area contributed by atoms with Gasteiger partial charge in [0.05, 0.1) is 0 Å².